The minimum atomic E-state index is -0.201. The van der Waals surface area contributed by atoms with Gasteiger partial charge in [-0.1, -0.05) is 23.1 Å². The van der Waals surface area contributed by atoms with E-state index in [1.807, 2.05) is 12.1 Å². The summed E-state index contributed by atoms with van der Waals surface area (Å²) in [5.41, 5.74) is 1.21. The van der Waals surface area contributed by atoms with E-state index in [4.69, 9.17) is 22.1 Å². The lowest BCUT2D eigenvalue weighted by Crippen LogP contribution is -2.10. The van der Waals surface area contributed by atoms with Crippen LogP contribution in [0.15, 0.2) is 41.2 Å². The van der Waals surface area contributed by atoms with Gasteiger partial charge >= 0.3 is 0 Å². The highest BCUT2D eigenvalue weighted by molar-refractivity contribution is 7.14. The van der Waals surface area contributed by atoms with E-state index in [9.17, 15) is 4.79 Å². The Hall–Kier alpha value is -2.60. The third-order valence-corrected chi connectivity index (χ3v) is 4.45. The van der Waals surface area contributed by atoms with Gasteiger partial charge in [-0.15, -0.1) is 0 Å². The zero-order valence-corrected chi connectivity index (χ0v) is 12.1. The van der Waals surface area contributed by atoms with Crippen molar-refractivity contribution in [1.29, 1.82) is 10.5 Å². The summed E-state index contributed by atoms with van der Waals surface area (Å²) in [6.07, 6.45) is 0. The largest absolute Gasteiger partial charge is 0.273 e. The van der Waals surface area contributed by atoms with Gasteiger partial charge in [0, 0.05) is 0 Å². The van der Waals surface area contributed by atoms with Gasteiger partial charge in [0.05, 0.1) is 38.0 Å². The van der Waals surface area contributed by atoms with E-state index in [-0.39, 0.29) is 5.56 Å². The van der Waals surface area contributed by atoms with Crippen molar-refractivity contribution in [1.82, 2.24) is 3.96 Å². The zero-order chi connectivity index (χ0) is 15.0. The zero-order valence-electron chi connectivity index (χ0n) is 10.5. The minimum Gasteiger partial charge on any atom is -0.267 e. The third kappa shape index (κ3) is 2.19. The standard InChI is InChI=1S/C15H6ClN3OS/c16-13-6-11(3-2-10(13)8-18)19-15(20)12-5-9(7-17)1-4-14(12)21-19/h1-6H. The van der Waals surface area contributed by atoms with E-state index >= 15 is 0 Å². The van der Waals surface area contributed by atoms with Crippen LogP contribution in [0.3, 0.4) is 0 Å². The van der Waals surface area contributed by atoms with E-state index in [0.717, 1.165) is 4.70 Å². The molecular formula is C15H6ClN3OS. The number of halogens is 1. The van der Waals surface area contributed by atoms with Crippen molar-refractivity contribution >= 4 is 33.2 Å². The molecule has 100 valence electrons. The predicted octanol–water partition coefficient (Wildman–Crippen LogP) is 3.45. The second kappa shape index (κ2) is 5.06. The molecule has 4 nitrogen and oxygen atoms in total. The van der Waals surface area contributed by atoms with Gasteiger partial charge in [-0.3, -0.25) is 4.79 Å². The molecule has 6 heteroatoms. The van der Waals surface area contributed by atoms with Crippen LogP contribution in [0, 0.1) is 22.7 Å². The Morgan fingerprint density at radius 1 is 1.10 bits per heavy atom. The minimum absolute atomic E-state index is 0.201. The van der Waals surface area contributed by atoms with Crippen LogP contribution in [-0.2, 0) is 0 Å². The summed E-state index contributed by atoms with van der Waals surface area (Å²) in [6.45, 7) is 0. The Morgan fingerprint density at radius 2 is 1.90 bits per heavy atom. The van der Waals surface area contributed by atoms with Crippen LogP contribution < -0.4 is 5.56 Å². The molecule has 0 aliphatic rings. The molecule has 0 fully saturated rings. The lowest BCUT2D eigenvalue weighted by molar-refractivity contribution is 1.14. The summed E-state index contributed by atoms with van der Waals surface area (Å²) in [6, 6.07) is 13.8. The van der Waals surface area contributed by atoms with E-state index in [1.165, 1.54) is 15.5 Å². The fourth-order valence-corrected chi connectivity index (χ4v) is 3.17. The maximum Gasteiger partial charge on any atom is 0.273 e. The predicted molar refractivity (Wildman–Crippen MR) is 81.9 cm³/mol. The monoisotopic (exact) mass is 311 g/mol. The van der Waals surface area contributed by atoms with Crippen molar-refractivity contribution in [3.05, 3.63) is 62.9 Å². The van der Waals surface area contributed by atoms with Gasteiger partial charge in [0.1, 0.15) is 6.07 Å². The molecule has 0 N–H and O–H groups in total. The molecule has 0 spiro atoms. The van der Waals surface area contributed by atoms with Gasteiger partial charge in [-0.05, 0) is 36.4 Å². The maximum absolute atomic E-state index is 12.4. The van der Waals surface area contributed by atoms with E-state index < -0.39 is 0 Å². The van der Waals surface area contributed by atoms with Gasteiger partial charge in [0.25, 0.3) is 5.56 Å². The first-order chi connectivity index (χ1) is 10.1. The van der Waals surface area contributed by atoms with Crippen LogP contribution in [0.5, 0.6) is 0 Å². The molecule has 0 radical (unpaired) electrons. The molecule has 0 bridgehead atoms. The topological polar surface area (TPSA) is 69.6 Å². The van der Waals surface area contributed by atoms with Crippen molar-refractivity contribution < 1.29 is 0 Å². The van der Waals surface area contributed by atoms with E-state index in [2.05, 4.69) is 0 Å². The summed E-state index contributed by atoms with van der Waals surface area (Å²) < 4.78 is 2.29. The van der Waals surface area contributed by atoms with Crippen LogP contribution in [0.25, 0.3) is 15.8 Å². The molecule has 2 aromatic carbocycles. The van der Waals surface area contributed by atoms with Gasteiger partial charge in [-0.2, -0.15) is 10.5 Å². The quantitative estimate of drug-likeness (QED) is 0.691. The first-order valence-corrected chi connectivity index (χ1v) is 7.05. The van der Waals surface area contributed by atoms with Gasteiger partial charge in [0.2, 0.25) is 0 Å². The highest BCUT2D eigenvalue weighted by Gasteiger charge is 2.11. The first kappa shape index (κ1) is 13.4. The van der Waals surface area contributed by atoms with Crippen molar-refractivity contribution in [2.24, 2.45) is 0 Å². The van der Waals surface area contributed by atoms with Gasteiger partial charge in [-0.25, -0.2) is 3.96 Å². The SMILES string of the molecule is N#Cc1ccc2sn(-c3ccc(C#N)c(Cl)c3)c(=O)c2c1. The summed E-state index contributed by atoms with van der Waals surface area (Å²) in [7, 11) is 0. The summed E-state index contributed by atoms with van der Waals surface area (Å²) in [5, 5.41) is 18.6. The van der Waals surface area contributed by atoms with Crippen LogP contribution in [0.2, 0.25) is 5.02 Å². The Labute approximate surface area is 128 Å². The molecule has 0 amide bonds. The first-order valence-electron chi connectivity index (χ1n) is 5.90. The van der Waals surface area contributed by atoms with Crippen molar-refractivity contribution in [2.75, 3.05) is 0 Å². The number of hydrogen-bond donors (Lipinski definition) is 0. The molecule has 1 heterocycles. The molecule has 0 unspecified atom stereocenters. The third-order valence-electron chi connectivity index (χ3n) is 3.02. The van der Waals surface area contributed by atoms with E-state index in [0.29, 0.717) is 27.2 Å². The summed E-state index contributed by atoms with van der Waals surface area (Å²) in [5.74, 6) is 0. The molecular weight excluding hydrogens is 306 g/mol. The number of hydrogen-bond acceptors (Lipinski definition) is 4. The van der Waals surface area contributed by atoms with Gasteiger partial charge < -0.3 is 0 Å². The Kier molecular flexibility index (Phi) is 3.23. The molecule has 0 aliphatic carbocycles. The van der Waals surface area contributed by atoms with Crippen molar-refractivity contribution in [3.8, 4) is 17.8 Å². The summed E-state index contributed by atoms with van der Waals surface area (Å²) >= 11 is 7.27. The Balaban J connectivity index is 2.24. The molecule has 0 aliphatic heterocycles. The molecule has 3 aromatic rings. The maximum atomic E-state index is 12.4. The number of fused-ring (bicyclic) bond motifs is 1. The smallest absolute Gasteiger partial charge is 0.267 e. The average molecular weight is 312 g/mol. The fourth-order valence-electron chi connectivity index (χ4n) is 1.99. The second-order valence-electron chi connectivity index (χ2n) is 4.29. The van der Waals surface area contributed by atoms with Crippen LogP contribution in [0.1, 0.15) is 11.1 Å². The lowest BCUT2D eigenvalue weighted by Gasteiger charge is -2.01. The highest BCUT2D eigenvalue weighted by atomic mass is 35.5. The Bertz CT molecular complexity index is 1000. The van der Waals surface area contributed by atoms with Crippen LogP contribution in [-0.4, -0.2) is 3.96 Å². The van der Waals surface area contributed by atoms with Gasteiger partial charge in [0.15, 0.2) is 0 Å². The number of nitriles is 2. The van der Waals surface area contributed by atoms with Crippen LogP contribution >= 0.6 is 23.1 Å². The number of rotatable bonds is 1. The molecule has 3 rings (SSSR count). The summed E-state index contributed by atoms with van der Waals surface area (Å²) in [4.78, 5) is 12.4. The van der Waals surface area contributed by atoms with Crippen LogP contribution in [0.4, 0.5) is 0 Å². The normalized spacial score (nSPS) is 10.2. The molecule has 1 aromatic heterocycles. The van der Waals surface area contributed by atoms with Crippen molar-refractivity contribution in [3.63, 3.8) is 0 Å². The van der Waals surface area contributed by atoms with Crippen molar-refractivity contribution in [2.45, 2.75) is 0 Å². The molecule has 0 saturated heterocycles. The fraction of sp³-hybridized carbons (Fsp3) is 0. The molecule has 21 heavy (non-hydrogen) atoms. The average Bonchev–Trinajstić information content (AvgIpc) is 2.83. The number of nitrogens with zero attached hydrogens (tertiary/aromatic N) is 3. The highest BCUT2D eigenvalue weighted by Crippen LogP contribution is 2.24. The molecule has 0 atom stereocenters. The molecule has 0 saturated carbocycles. The Morgan fingerprint density at radius 3 is 2.57 bits per heavy atom. The van der Waals surface area contributed by atoms with E-state index in [1.54, 1.807) is 36.4 Å². The lowest BCUT2D eigenvalue weighted by atomic mass is 10.2. The number of benzene rings is 2. The second-order valence-corrected chi connectivity index (χ2v) is 5.68. The number of aromatic nitrogens is 1.